The lowest BCUT2D eigenvalue weighted by atomic mass is 9.70. The number of benzene rings is 4. The Kier molecular flexibility index (Phi) is 8.57. The summed E-state index contributed by atoms with van der Waals surface area (Å²) in [6.07, 6.45) is 15.5. The molecule has 0 bridgehead atoms. The van der Waals surface area contributed by atoms with Gasteiger partial charge in [-0.1, -0.05) is 125 Å². The van der Waals surface area contributed by atoms with Crippen LogP contribution in [0.25, 0.3) is 22.3 Å². The molecule has 1 heteroatoms. The summed E-state index contributed by atoms with van der Waals surface area (Å²) in [5.41, 5.74) is 15.8. The average molecular weight is 556 g/mol. The molecule has 0 saturated heterocycles. The molecule has 2 aliphatic carbocycles. The number of hydrogen-bond donors (Lipinski definition) is 0. The summed E-state index contributed by atoms with van der Waals surface area (Å²) in [4.78, 5) is 2.40. The van der Waals surface area contributed by atoms with Crippen molar-refractivity contribution < 1.29 is 0 Å². The number of hydrogen-bond acceptors (Lipinski definition) is 1. The lowest BCUT2D eigenvalue weighted by Gasteiger charge is -2.34. The maximum Gasteiger partial charge on any atom is 0.0414 e. The minimum absolute atomic E-state index is 0.114. The van der Waals surface area contributed by atoms with Crippen LogP contribution in [0.4, 0.5) is 11.4 Å². The van der Waals surface area contributed by atoms with Crippen LogP contribution in [0.5, 0.6) is 0 Å². The van der Waals surface area contributed by atoms with Gasteiger partial charge in [-0.25, -0.2) is 0 Å². The van der Waals surface area contributed by atoms with Crippen LogP contribution in [0, 0.1) is 6.92 Å². The molecule has 4 aromatic carbocycles. The average Bonchev–Trinajstić information content (AvgIpc) is 3.26. The molecule has 42 heavy (non-hydrogen) atoms. The van der Waals surface area contributed by atoms with Crippen LogP contribution in [-0.2, 0) is 18.3 Å². The molecule has 4 aromatic rings. The summed E-state index contributed by atoms with van der Waals surface area (Å²) >= 11 is 0. The van der Waals surface area contributed by atoms with E-state index in [1.807, 2.05) is 0 Å². The van der Waals surface area contributed by atoms with E-state index in [2.05, 4.69) is 112 Å². The molecule has 0 atom stereocenters. The molecule has 0 radical (unpaired) electrons. The standard InChI is InChI=1S/C41H49N/c1-5-7-9-11-24-41(25-12-10-8-6-2)39-26-30(3)16-22-37(39)38-23-21-36(29-40(38)41)42(4)35-15-13-14-32(28-35)34-20-18-31-17-19-33(31)27-34/h13-16,18,20-23,26-29H,5-12,17,19,24-25H2,1-4H3. The van der Waals surface area contributed by atoms with Crippen molar-refractivity contribution in [3.05, 3.63) is 107 Å². The maximum atomic E-state index is 2.56. The number of fused-ring (bicyclic) bond motifs is 4. The van der Waals surface area contributed by atoms with Crippen molar-refractivity contribution >= 4 is 11.4 Å². The van der Waals surface area contributed by atoms with Crippen LogP contribution >= 0.6 is 0 Å². The van der Waals surface area contributed by atoms with Gasteiger partial charge in [0.25, 0.3) is 0 Å². The molecule has 0 N–H and O–H groups in total. The molecule has 1 nitrogen and oxygen atoms in total. The summed E-state index contributed by atoms with van der Waals surface area (Å²) < 4.78 is 0. The molecular formula is C41H49N. The molecule has 2 aliphatic rings. The predicted octanol–water partition coefficient (Wildman–Crippen LogP) is 11.7. The van der Waals surface area contributed by atoms with Crippen LogP contribution in [0.1, 0.15) is 106 Å². The second kappa shape index (κ2) is 12.5. The number of rotatable bonds is 13. The summed E-state index contributed by atoms with van der Waals surface area (Å²) in [6.45, 7) is 6.92. The van der Waals surface area contributed by atoms with E-state index >= 15 is 0 Å². The van der Waals surface area contributed by atoms with E-state index in [0.29, 0.717) is 0 Å². The van der Waals surface area contributed by atoms with Crippen LogP contribution in [0.3, 0.4) is 0 Å². The summed E-state index contributed by atoms with van der Waals surface area (Å²) in [5, 5.41) is 0. The zero-order valence-electron chi connectivity index (χ0n) is 26.4. The Morgan fingerprint density at radius 2 is 1.24 bits per heavy atom. The van der Waals surface area contributed by atoms with Gasteiger partial charge in [-0.2, -0.15) is 0 Å². The smallest absolute Gasteiger partial charge is 0.0414 e. The van der Waals surface area contributed by atoms with Crippen molar-refractivity contribution in [2.75, 3.05) is 11.9 Å². The van der Waals surface area contributed by atoms with Crippen molar-refractivity contribution in [1.82, 2.24) is 0 Å². The maximum absolute atomic E-state index is 2.56. The summed E-state index contributed by atoms with van der Waals surface area (Å²) in [7, 11) is 2.24. The number of anilines is 2. The normalized spacial score (nSPS) is 14.2. The molecule has 0 saturated carbocycles. The van der Waals surface area contributed by atoms with Gasteiger partial charge in [-0.15, -0.1) is 0 Å². The lowest BCUT2D eigenvalue weighted by molar-refractivity contribution is 0.401. The zero-order chi connectivity index (χ0) is 29.1. The predicted molar refractivity (Wildman–Crippen MR) is 182 cm³/mol. The second-order valence-corrected chi connectivity index (χ2v) is 13.1. The Labute approximate surface area is 255 Å². The first kappa shape index (κ1) is 28.8. The third-order valence-electron chi connectivity index (χ3n) is 10.2. The highest BCUT2D eigenvalue weighted by Gasteiger charge is 2.42. The highest BCUT2D eigenvalue weighted by atomic mass is 15.1. The Bertz CT molecular complexity index is 1530. The van der Waals surface area contributed by atoms with Crippen LogP contribution in [-0.4, -0.2) is 7.05 Å². The molecule has 218 valence electrons. The summed E-state index contributed by atoms with van der Waals surface area (Å²) in [6, 6.07) is 30.7. The van der Waals surface area contributed by atoms with Gasteiger partial charge in [0.2, 0.25) is 0 Å². The molecule has 0 spiro atoms. The van der Waals surface area contributed by atoms with Crippen molar-refractivity contribution in [2.45, 2.75) is 103 Å². The van der Waals surface area contributed by atoms with E-state index in [1.165, 1.54) is 127 Å². The van der Waals surface area contributed by atoms with E-state index in [0.717, 1.165) is 0 Å². The van der Waals surface area contributed by atoms with Gasteiger partial charge in [0.1, 0.15) is 0 Å². The molecule has 0 unspecified atom stereocenters. The molecule has 0 amide bonds. The van der Waals surface area contributed by atoms with Crippen LogP contribution in [0.15, 0.2) is 78.9 Å². The fourth-order valence-corrected chi connectivity index (χ4v) is 7.59. The van der Waals surface area contributed by atoms with Crippen LogP contribution in [0.2, 0.25) is 0 Å². The second-order valence-electron chi connectivity index (χ2n) is 13.1. The number of nitrogens with zero attached hydrogens (tertiary/aromatic N) is 1. The monoisotopic (exact) mass is 555 g/mol. The van der Waals surface area contributed by atoms with E-state index in [-0.39, 0.29) is 5.41 Å². The quantitative estimate of drug-likeness (QED) is 0.148. The molecule has 6 rings (SSSR count). The van der Waals surface area contributed by atoms with Gasteiger partial charge >= 0.3 is 0 Å². The van der Waals surface area contributed by atoms with Gasteiger partial charge in [0.05, 0.1) is 0 Å². The van der Waals surface area contributed by atoms with Gasteiger partial charge in [0.15, 0.2) is 0 Å². The minimum Gasteiger partial charge on any atom is -0.345 e. The fourth-order valence-electron chi connectivity index (χ4n) is 7.59. The van der Waals surface area contributed by atoms with Crippen molar-refractivity contribution in [3.63, 3.8) is 0 Å². The van der Waals surface area contributed by atoms with Gasteiger partial charge in [0, 0.05) is 23.8 Å². The first-order chi connectivity index (χ1) is 20.5. The van der Waals surface area contributed by atoms with Crippen LogP contribution < -0.4 is 4.90 Å². The SMILES string of the molecule is CCCCCCC1(CCCCCC)c2cc(C)ccc2-c2ccc(N(C)c3cccc(-c4ccc5c(c4)CC5)c3)cc21. The Morgan fingerprint density at radius 3 is 1.90 bits per heavy atom. The van der Waals surface area contributed by atoms with Crippen molar-refractivity contribution in [2.24, 2.45) is 0 Å². The van der Waals surface area contributed by atoms with E-state index in [1.54, 1.807) is 11.1 Å². The highest BCUT2D eigenvalue weighted by molar-refractivity contribution is 5.84. The molecule has 0 aliphatic heterocycles. The van der Waals surface area contributed by atoms with Gasteiger partial charge in [-0.3, -0.25) is 0 Å². The van der Waals surface area contributed by atoms with E-state index in [4.69, 9.17) is 0 Å². The topological polar surface area (TPSA) is 3.24 Å². The largest absolute Gasteiger partial charge is 0.345 e. The third-order valence-corrected chi connectivity index (χ3v) is 10.2. The first-order valence-electron chi connectivity index (χ1n) is 16.8. The van der Waals surface area contributed by atoms with Crippen molar-refractivity contribution in [3.8, 4) is 22.3 Å². The van der Waals surface area contributed by atoms with Crippen molar-refractivity contribution in [1.29, 1.82) is 0 Å². The molecule has 0 aromatic heterocycles. The molecule has 0 heterocycles. The lowest BCUT2D eigenvalue weighted by Crippen LogP contribution is -2.26. The van der Waals surface area contributed by atoms with Gasteiger partial charge in [-0.05, 0) is 101 Å². The summed E-state index contributed by atoms with van der Waals surface area (Å²) in [5.74, 6) is 0. The fraction of sp³-hybridized carbons (Fsp3) is 0.415. The molecule has 0 fully saturated rings. The van der Waals surface area contributed by atoms with Gasteiger partial charge < -0.3 is 4.90 Å². The Morgan fingerprint density at radius 1 is 0.595 bits per heavy atom. The third kappa shape index (κ3) is 5.44. The number of aryl methyl sites for hydroxylation is 3. The van der Waals surface area contributed by atoms with E-state index in [9.17, 15) is 0 Å². The highest BCUT2D eigenvalue weighted by Crippen LogP contribution is 2.55. The molecular weight excluding hydrogens is 506 g/mol. The first-order valence-corrected chi connectivity index (χ1v) is 16.8. The minimum atomic E-state index is 0.114. The Hall–Kier alpha value is -3.32. The number of unbranched alkanes of at least 4 members (excludes halogenated alkanes) is 6. The Balaban J connectivity index is 1.37. The zero-order valence-corrected chi connectivity index (χ0v) is 26.4. The van der Waals surface area contributed by atoms with E-state index < -0.39 is 0 Å².